The predicted molar refractivity (Wildman–Crippen MR) is 70.7 cm³/mol. The van der Waals surface area contributed by atoms with Crippen LogP contribution in [-0.2, 0) is 6.42 Å². The molecule has 2 aromatic carbocycles. The zero-order chi connectivity index (χ0) is 12.1. The van der Waals surface area contributed by atoms with Crippen LogP contribution in [0.3, 0.4) is 0 Å². The van der Waals surface area contributed by atoms with E-state index in [4.69, 9.17) is 22.1 Å². The number of benzene rings is 2. The maximum absolute atomic E-state index is 5.81. The molecule has 0 amide bonds. The highest BCUT2D eigenvalue weighted by molar-refractivity contribution is 6.30. The molecule has 0 heterocycles. The largest absolute Gasteiger partial charge is 0.457 e. The van der Waals surface area contributed by atoms with Crippen LogP contribution in [0.5, 0.6) is 11.5 Å². The first-order chi connectivity index (χ1) is 8.28. The molecule has 0 aliphatic rings. The van der Waals surface area contributed by atoms with Gasteiger partial charge in [0.25, 0.3) is 0 Å². The van der Waals surface area contributed by atoms with E-state index in [-0.39, 0.29) is 0 Å². The average Bonchev–Trinajstić information content (AvgIpc) is 2.33. The molecule has 0 aliphatic heterocycles. The van der Waals surface area contributed by atoms with Gasteiger partial charge in [-0.25, -0.2) is 0 Å². The van der Waals surface area contributed by atoms with E-state index in [9.17, 15) is 0 Å². The molecule has 0 saturated heterocycles. The molecule has 0 fully saturated rings. The summed E-state index contributed by atoms with van der Waals surface area (Å²) >= 11 is 5.81. The van der Waals surface area contributed by atoms with E-state index in [1.54, 1.807) is 12.1 Å². The third-order valence-corrected chi connectivity index (χ3v) is 2.63. The van der Waals surface area contributed by atoms with Crippen molar-refractivity contribution in [2.45, 2.75) is 6.42 Å². The van der Waals surface area contributed by atoms with Gasteiger partial charge in [0.1, 0.15) is 11.5 Å². The van der Waals surface area contributed by atoms with E-state index >= 15 is 0 Å². The van der Waals surface area contributed by atoms with Crippen LogP contribution in [0.15, 0.2) is 48.5 Å². The van der Waals surface area contributed by atoms with Crippen molar-refractivity contribution in [3.05, 3.63) is 59.1 Å². The maximum Gasteiger partial charge on any atom is 0.127 e. The monoisotopic (exact) mass is 247 g/mol. The quantitative estimate of drug-likeness (QED) is 0.895. The topological polar surface area (TPSA) is 35.2 Å². The molecular formula is C14H14ClNO. The molecule has 0 radical (unpaired) electrons. The third-order valence-electron chi connectivity index (χ3n) is 2.38. The minimum absolute atomic E-state index is 0.643. The first kappa shape index (κ1) is 12.0. The Morgan fingerprint density at radius 1 is 1.00 bits per heavy atom. The van der Waals surface area contributed by atoms with Gasteiger partial charge >= 0.3 is 0 Å². The van der Waals surface area contributed by atoms with Crippen molar-refractivity contribution >= 4 is 11.6 Å². The zero-order valence-corrected chi connectivity index (χ0v) is 10.2. The number of hydrogen-bond acceptors (Lipinski definition) is 2. The summed E-state index contributed by atoms with van der Waals surface area (Å²) < 4.78 is 5.72. The molecule has 0 aromatic heterocycles. The summed E-state index contributed by atoms with van der Waals surface area (Å²) in [7, 11) is 0. The summed E-state index contributed by atoms with van der Waals surface area (Å²) in [6.07, 6.45) is 0.859. The van der Waals surface area contributed by atoms with E-state index in [0.717, 1.165) is 17.9 Å². The second-order valence-electron chi connectivity index (χ2n) is 3.74. The van der Waals surface area contributed by atoms with E-state index in [1.807, 2.05) is 36.4 Å². The molecule has 3 heteroatoms. The van der Waals surface area contributed by atoms with Crippen molar-refractivity contribution in [2.24, 2.45) is 5.73 Å². The fourth-order valence-electron chi connectivity index (χ4n) is 1.57. The minimum atomic E-state index is 0.643. The van der Waals surface area contributed by atoms with Crippen molar-refractivity contribution in [3.63, 3.8) is 0 Å². The van der Waals surface area contributed by atoms with E-state index in [1.165, 1.54) is 5.56 Å². The van der Waals surface area contributed by atoms with Crippen molar-refractivity contribution in [1.82, 2.24) is 0 Å². The van der Waals surface area contributed by atoms with Crippen LogP contribution >= 0.6 is 11.6 Å². The van der Waals surface area contributed by atoms with Crippen LogP contribution in [-0.4, -0.2) is 6.54 Å². The molecule has 2 rings (SSSR count). The van der Waals surface area contributed by atoms with Crippen LogP contribution in [0.2, 0.25) is 5.02 Å². The molecular weight excluding hydrogens is 234 g/mol. The van der Waals surface area contributed by atoms with E-state index in [2.05, 4.69) is 0 Å². The second kappa shape index (κ2) is 5.71. The molecule has 0 spiro atoms. The van der Waals surface area contributed by atoms with Gasteiger partial charge in [-0.05, 0) is 54.9 Å². The summed E-state index contributed by atoms with van der Waals surface area (Å²) in [4.78, 5) is 0. The van der Waals surface area contributed by atoms with Crippen molar-refractivity contribution in [2.75, 3.05) is 6.54 Å². The second-order valence-corrected chi connectivity index (χ2v) is 4.18. The first-order valence-corrected chi connectivity index (χ1v) is 5.88. The average molecular weight is 248 g/mol. The maximum atomic E-state index is 5.81. The fraction of sp³-hybridized carbons (Fsp3) is 0.143. The molecule has 0 aliphatic carbocycles. The number of nitrogens with two attached hydrogens (primary N) is 1. The lowest BCUT2D eigenvalue weighted by Crippen LogP contribution is -2.02. The molecule has 2 nitrogen and oxygen atoms in total. The van der Waals surface area contributed by atoms with Crippen LogP contribution in [0.4, 0.5) is 0 Å². The minimum Gasteiger partial charge on any atom is -0.457 e. The van der Waals surface area contributed by atoms with Crippen molar-refractivity contribution in [1.29, 1.82) is 0 Å². The van der Waals surface area contributed by atoms with Gasteiger partial charge in [0, 0.05) is 5.02 Å². The number of halogens is 1. The Morgan fingerprint density at radius 2 is 1.76 bits per heavy atom. The van der Waals surface area contributed by atoms with Gasteiger partial charge in [-0.1, -0.05) is 23.7 Å². The summed E-state index contributed by atoms with van der Waals surface area (Å²) in [5.41, 5.74) is 6.70. The third kappa shape index (κ3) is 3.48. The lowest BCUT2D eigenvalue weighted by Gasteiger charge is -2.07. The molecule has 0 saturated carbocycles. The molecule has 17 heavy (non-hydrogen) atoms. The zero-order valence-electron chi connectivity index (χ0n) is 9.40. The van der Waals surface area contributed by atoms with E-state index < -0.39 is 0 Å². The molecule has 2 N–H and O–H groups in total. The number of rotatable bonds is 4. The van der Waals surface area contributed by atoms with Crippen LogP contribution in [0.25, 0.3) is 0 Å². The molecule has 2 aromatic rings. The molecule has 0 bridgehead atoms. The highest BCUT2D eigenvalue weighted by Gasteiger charge is 1.99. The SMILES string of the molecule is NCCc1cccc(Oc2ccc(Cl)cc2)c1. The van der Waals surface area contributed by atoms with Crippen molar-refractivity contribution in [3.8, 4) is 11.5 Å². The summed E-state index contributed by atoms with van der Waals surface area (Å²) in [5, 5.41) is 0.703. The standard InChI is InChI=1S/C14H14ClNO/c15-12-4-6-13(7-5-12)17-14-3-1-2-11(10-14)8-9-16/h1-7,10H,8-9,16H2. The molecule has 88 valence electrons. The Kier molecular flexibility index (Phi) is 4.02. The fourth-order valence-corrected chi connectivity index (χ4v) is 1.70. The Balaban J connectivity index is 2.12. The van der Waals surface area contributed by atoms with Gasteiger partial charge in [0.2, 0.25) is 0 Å². The normalized spacial score (nSPS) is 10.2. The summed E-state index contributed by atoms with van der Waals surface area (Å²) in [5.74, 6) is 1.59. The Bertz CT molecular complexity index is 482. The number of hydrogen-bond donors (Lipinski definition) is 1. The molecule has 0 unspecified atom stereocenters. The van der Waals surface area contributed by atoms with Gasteiger partial charge in [0.15, 0.2) is 0 Å². The number of ether oxygens (including phenoxy) is 1. The lowest BCUT2D eigenvalue weighted by molar-refractivity contribution is 0.482. The summed E-state index contributed by atoms with van der Waals surface area (Å²) in [6.45, 7) is 0.643. The molecule has 0 atom stereocenters. The van der Waals surface area contributed by atoms with Gasteiger partial charge in [-0.3, -0.25) is 0 Å². The Hall–Kier alpha value is -1.51. The Labute approximate surface area is 106 Å². The van der Waals surface area contributed by atoms with Gasteiger partial charge < -0.3 is 10.5 Å². The first-order valence-electron chi connectivity index (χ1n) is 5.50. The van der Waals surface area contributed by atoms with E-state index in [0.29, 0.717) is 11.6 Å². The van der Waals surface area contributed by atoms with Gasteiger partial charge in [-0.2, -0.15) is 0 Å². The highest BCUT2D eigenvalue weighted by atomic mass is 35.5. The lowest BCUT2D eigenvalue weighted by atomic mass is 10.1. The predicted octanol–water partition coefficient (Wildman–Crippen LogP) is 3.63. The van der Waals surface area contributed by atoms with Crippen LogP contribution < -0.4 is 10.5 Å². The van der Waals surface area contributed by atoms with Gasteiger partial charge in [0.05, 0.1) is 0 Å². The smallest absolute Gasteiger partial charge is 0.127 e. The summed E-state index contributed by atoms with van der Waals surface area (Å²) in [6, 6.07) is 15.2. The highest BCUT2D eigenvalue weighted by Crippen LogP contribution is 2.23. The van der Waals surface area contributed by atoms with Crippen molar-refractivity contribution < 1.29 is 4.74 Å². The van der Waals surface area contributed by atoms with Crippen LogP contribution in [0, 0.1) is 0 Å². The Morgan fingerprint density at radius 3 is 2.47 bits per heavy atom. The van der Waals surface area contributed by atoms with Gasteiger partial charge in [-0.15, -0.1) is 0 Å². The van der Waals surface area contributed by atoms with Crippen LogP contribution in [0.1, 0.15) is 5.56 Å².